The van der Waals surface area contributed by atoms with Crippen LogP contribution >= 0.6 is 15.9 Å². The topological polar surface area (TPSA) is 45.8 Å². The minimum absolute atomic E-state index is 0.00641. The Balaban J connectivity index is 2.28. The maximum Gasteiger partial charge on any atom is 0.417 e. The molecule has 0 atom stereocenters. The molecule has 3 nitrogen and oxygen atoms in total. The molecule has 2 rings (SSSR count). The number of Topliss-reactive ketones (excluding diaryl/α,β-unsaturated/α-hetero) is 1. The lowest BCUT2D eigenvalue weighted by Crippen LogP contribution is -2.10. The highest BCUT2D eigenvalue weighted by molar-refractivity contribution is 9.10. The first kappa shape index (κ1) is 13.8. The molecule has 1 heterocycles. The molecule has 100 valence electrons. The number of hydrogen-bond acceptors (Lipinski definition) is 2. The Hall–Kier alpha value is -1.63. The quantitative estimate of drug-likeness (QED) is 0.872. The van der Waals surface area contributed by atoms with Crippen molar-refractivity contribution in [1.82, 2.24) is 9.97 Å². The van der Waals surface area contributed by atoms with Crippen LogP contribution in [-0.2, 0) is 12.6 Å². The van der Waals surface area contributed by atoms with Crippen LogP contribution < -0.4 is 0 Å². The molecule has 0 aliphatic heterocycles. The summed E-state index contributed by atoms with van der Waals surface area (Å²) in [6.45, 7) is 0. The summed E-state index contributed by atoms with van der Waals surface area (Å²) in [7, 11) is 0. The number of rotatable bonds is 3. The second kappa shape index (κ2) is 5.16. The van der Waals surface area contributed by atoms with Crippen molar-refractivity contribution in [2.45, 2.75) is 12.6 Å². The average molecular weight is 333 g/mol. The maximum atomic E-state index is 12.7. The van der Waals surface area contributed by atoms with Crippen LogP contribution in [0.5, 0.6) is 0 Å². The minimum atomic E-state index is -4.50. The first-order valence-corrected chi connectivity index (χ1v) is 6.05. The first-order valence-electron chi connectivity index (χ1n) is 5.26. The highest BCUT2D eigenvalue weighted by Crippen LogP contribution is 2.35. The van der Waals surface area contributed by atoms with E-state index in [4.69, 9.17) is 0 Å². The number of aromatic nitrogens is 2. The van der Waals surface area contributed by atoms with E-state index in [1.165, 1.54) is 18.3 Å². The highest BCUT2D eigenvalue weighted by atomic mass is 79.9. The molecule has 0 saturated heterocycles. The zero-order valence-corrected chi connectivity index (χ0v) is 11.0. The molecule has 0 bridgehead atoms. The fourth-order valence-electron chi connectivity index (χ4n) is 1.56. The standard InChI is InChI=1S/C12H8BrF3N2O/c13-9-2-1-7(5-8(9)12(14,15)16)10(19)6-11-17-3-4-18-11/h1-5H,6H2,(H,17,18). The van der Waals surface area contributed by atoms with Crippen molar-refractivity contribution in [3.05, 3.63) is 52.0 Å². The van der Waals surface area contributed by atoms with Gasteiger partial charge in [0.2, 0.25) is 0 Å². The highest BCUT2D eigenvalue weighted by Gasteiger charge is 2.33. The summed E-state index contributed by atoms with van der Waals surface area (Å²) >= 11 is 2.83. The van der Waals surface area contributed by atoms with Gasteiger partial charge in [-0.25, -0.2) is 4.98 Å². The number of aromatic amines is 1. The molecule has 0 amide bonds. The summed E-state index contributed by atoms with van der Waals surface area (Å²) in [5.74, 6) is -0.00516. The molecule has 0 fully saturated rings. The monoisotopic (exact) mass is 332 g/mol. The molecule has 1 aromatic heterocycles. The van der Waals surface area contributed by atoms with Crippen molar-refractivity contribution in [2.24, 2.45) is 0 Å². The fourth-order valence-corrected chi connectivity index (χ4v) is 2.04. The van der Waals surface area contributed by atoms with E-state index in [0.29, 0.717) is 5.82 Å². The van der Waals surface area contributed by atoms with Crippen LogP contribution in [-0.4, -0.2) is 15.8 Å². The van der Waals surface area contributed by atoms with Crippen molar-refractivity contribution in [1.29, 1.82) is 0 Å². The molecule has 0 saturated carbocycles. The lowest BCUT2D eigenvalue weighted by molar-refractivity contribution is -0.138. The number of benzene rings is 1. The predicted molar refractivity (Wildman–Crippen MR) is 65.8 cm³/mol. The van der Waals surface area contributed by atoms with Gasteiger partial charge in [0.15, 0.2) is 5.78 Å². The maximum absolute atomic E-state index is 12.7. The molecular formula is C12H8BrF3N2O. The Morgan fingerprint density at radius 3 is 2.68 bits per heavy atom. The zero-order chi connectivity index (χ0) is 14.0. The minimum Gasteiger partial charge on any atom is -0.348 e. The fraction of sp³-hybridized carbons (Fsp3) is 0.167. The van der Waals surface area contributed by atoms with Crippen molar-refractivity contribution >= 4 is 21.7 Å². The molecular weight excluding hydrogens is 325 g/mol. The van der Waals surface area contributed by atoms with E-state index in [-0.39, 0.29) is 16.5 Å². The van der Waals surface area contributed by atoms with Gasteiger partial charge in [-0.1, -0.05) is 22.0 Å². The summed E-state index contributed by atoms with van der Waals surface area (Å²) in [6, 6.07) is 3.41. The number of ketones is 1. The summed E-state index contributed by atoms with van der Waals surface area (Å²) in [5, 5.41) is 0. The van der Waals surface area contributed by atoms with Gasteiger partial charge in [-0.15, -0.1) is 0 Å². The van der Waals surface area contributed by atoms with Gasteiger partial charge >= 0.3 is 6.18 Å². The molecule has 2 aromatic rings. The molecule has 0 radical (unpaired) electrons. The summed E-state index contributed by atoms with van der Waals surface area (Å²) in [4.78, 5) is 18.5. The van der Waals surface area contributed by atoms with Crippen molar-refractivity contribution in [3.8, 4) is 0 Å². The number of nitrogens with one attached hydrogen (secondary N) is 1. The molecule has 19 heavy (non-hydrogen) atoms. The molecule has 0 aliphatic carbocycles. The summed E-state index contributed by atoms with van der Waals surface area (Å²) in [5.41, 5.74) is -0.857. The Bertz CT molecular complexity index is 594. The SMILES string of the molecule is O=C(Cc1ncc[nH]1)c1ccc(Br)c(C(F)(F)F)c1. The second-order valence-electron chi connectivity index (χ2n) is 3.83. The van der Waals surface area contributed by atoms with Crippen LogP contribution in [0.15, 0.2) is 35.1 Å². The number of carbonyl (C=O) groups excluding carboxylic acids is 1. The van der Waals surface area contributed by atoms with E-state index in [0.717, 1.165) is 6.07 Å². The number of H-pyrrole nitrogens is 1. The number of imidazole rings is 1. The Morgan fingerprint density at radius 2 is 2.11 bits per heavy atom. The molecule has 0 aliphatic rings. The van der Waals surface area contributed by atoms with Gasteiger partial charge in [0.05, 0.1) is 12.0 Å². The lowest BCUT2D eigenvalue weighted by Gasteiger charge is -2.10. The summed E-state index contributed by atoms with van der Waals surface area (Å²) in [6.07, 6.45) is -1.54. The molecule has 1 N–H and O–H groups in total. The smallest absolute Gasteiger partial charge is 0.348 e. The van der Waals surface area contributed by atoms with Crippen molar-refractivity contribution < 1.29 is 18.0 Å². The van der Waals surface area contributed by atoms with E-state index >= 15 is 0 Å². The van der Waals surface area contributed by atoms with Gasteiger partial charge < -0.3 is 4.98 Å². The van der Waals surface area contributed by atoms with Crippen LogP contribution in [0.2, 0.25) is 0 Å². The van der Waals surface area contributed by atoms with Gasteiger partial charge in [-0.2, -0.15) is 13.2 Å². The third-order valence-corrected chi connectivity index (χ3v) is 3.17. The van der Waals surface area contributed by atoms with Crippen molar-refractivity contribution in [3.63, 3.8) is 0 Å². The lowest BCUT2D eigenvalue weighted by atomic mass is 10.0. The van der Waals surface area contributed by atoms with Crippen LogP contribution in [0.3, 0.4) is 0 Å². The molecule has 0 unspecified atom stereocenters. The molecule has 1 aromatic carbocycles. The van der Waals surface area contributed by atoms with E-state index in [1.807, 2.05) is 0 Å². The molecule has 7 heteroatoms. The summed E-state index contributed by atoms with van der Waals surface area (Å²) < 4.78 is 38.0. The number of nitrogens with zero attached hydrogens (tertiary/aromatic N) is 1. The number of carbonyl (C=O) groups is 1. The van der Waals surface area contributed by atoms with Crippen LogP contribution in [0.25, 0.3) is 0 Å². The van der Waals surface area contributed by atoms with E-state index in [2.05, 4.69) is 25.9 Å². The molecule has 0 spiro atoms. The number of halogens is 4. The second-order valence-corrected chi connectivity index (χ2v) is 4.68. The Labute approximate surface area is 115 Å². The normalized spacial score (nSPS) is 11.6. The third kappa shape index (κ3) is 3.23. The van der Waals surface area contributed by atoms with Gasteiger partial charge in [-0.3, -0.25) is 4.79 Å². The van der Waals surface area contributed by atoms with E-state index in [1.54, 1.807) is 6.20 Å². The van der Waals surface area contributed by atoms with Crippen LogP contribution in [0.4, 0.5) is 13.2 Å². The number of alkyl halides is 3. The van der Waals surface area contributed by atoms with Gasteiger partial charge in [-0.05, 0) is 12.1 Å². The van der Waals surface area contributed by atoms with Gasteiger partial charge in [0.25, 0.3) is 0 Å². The zero-order valence-electron chi connectivity index (χ0n) is 9.46. The van der Waals surface area contributed by atoms with Crippen LogP contribution in [0, 0.1) is 0 Å². The number of hydrogen-bond donors (Lipinski definition) is 1. The average Bonchev–Trinajstić information content (AvgIpc) is 2.80. The van der Waals surface area contributed by atoms with Crippen LogP contribution in [0.1, 0.15) is 21.7 Å². The Morgan fingerprint density at radius 1 is 1.37 bits per heavy atom. The van der Waals surface area contributed by atoms with Gasteiger partial charge in [0, 0.05) is 22.4 Å². The van der Waals surface area contributed by atoms with E-state index < -0.39 is 17.5 Å². The third-order valence-electron chi connectivity index (χ3n) is 2.48. The first-order chi connectivity index (χ1) is 8.88. The van der Waals surface area contributed by atoms with E-state index in [9.17, 15) is 18.0 Å². The Kier molecular flexibility index (Phi) is 3.75. The largest absolute Gasteiger partial charge is 0.417 e. The van der Waals surface area contributed by atoms with Crippen molar-refractivity contribution in [2.75, 3.05) is 0 Å². The van der Waals surface area contributed by atoms with Gasteiger partial charge in [0.1, 0.15) is 5.82 Å². The predicted octanol–water partition coefficient (Wildman–Crippen LogP) is 3.62.